The van der Waals surface area contributed by atoms with E-state index in [2.05, 4.69) is 58.9 Å². The zero-order chi connectivity index (χ0) is 18.2. The summed E-state index contributed by atoms with van der Waals surface area (Å²) < 4.78 is 0.803. The fourth-order valence-corrected chi connectivity index (χ4v) is 4.03. The van der Waals surface area contributed by atoms with E-state index in [-0.39, 0.29) is 11.9 Å². The number of hydrogen-bond donors (Lipinski definition) is 2. The van der Waals surface area contributed by atoms with Crippen LogP contribution in [0.25, 0.3) is 0 Å². The molecule has 5 nitrogen and oxygen atoms in total. The second-order valence-corrected chi connectivity index (χ2v) is 8.52. The smallest absolute Gasteiger partial charge is 0.230 e. The zero-order valence-corrected chi connectivity index (χ0v) is 16.8. The molecule has 0 fully saturated rings. The summed E-state index contributed by atoms with van der Waals surface area (Å²) in [5.41, 5.74) is 2.46. The summed E-state index contributed by atoms with van der Waals surface area (Å²) >= 11 is 2.89. The van der Waals surface area contributed by atoms with E-state index in [9.17, 15) is 4.79 Å². The Balaban J connectivity index is 1.80. The molecule has 1 atom stereocenters. The third-order valence-electron chi connectivity index (χ3n) is 3.56. The van der Waals surface area contributed by atoms with Gasteiger partial charge in [-0.05, 0) is 37.3 Å². The van der Waals surface area contributed by atoms with Crippen LogP contribution in [0.3, 0.4) is 0 Å². The van der Waals surface area contributed by atoms with Crippen LogP contribution in [0.1, 0.15) is 44.9 Å². The molecule has 1 unspecified atom stereocenters. The van der Waals surface area contributed by atoms with Gasteiger partial charge in [0.25, 0.3) is 0 Å². The van der Waals surface area contributed by atoms with Crippen molar-refractivity contribution >= 4 is 34.1 Å². The van der Waals surface area contributed by atoms with Crippen molar-refractivity contribution in [2.24, 2.45) is 5.92 Å². The normalized spacial score (nSPS) is 12.2. The molecule has 0 saturated heterocycles. The third kappa shape index (κ3) is 6.66. The molecule has 1 aromatic heterocycles. The second kappa shape index (κ2) is 9.77. The second-order valence-electron chi connectivity index (χ2n) is 6.32. The van der Waals surface area contributed by atoms with Crippen molar-refractivity contribution in [3.05, 3.63) is 35.4 Å². The number of benzene rings is 1. The van der Waals surface area contributed by atoms with Gasteiger partial charge < -0.3 is 10.6 Å². The van der Waals surface area contributed by atoms with Crippen molar-refractivity contribution in [1.29, 1.82) is 0 Å². The highest BCUT2D eigenvalue weighted by atomic mass is 32.2. The lowest BCUT2D eigenvalue weighted by Crippen LogP contribution is -2.28. The molecule has 1 heterocycles. The predicted octanol–water partition coefficient (Wildman–Crippen LogP) is 4.14. The first-order chi connectivity index (χ1) is 12.0. The van der Waals surface area contributed by atoms with Crippen LogP contribution in [0.5, 0.6) is 0 Å². The zero-order valence-electron chi connectivity index (χ0n) is 15.2. The van der Waals surface area contributed by atoms with Gasteiger partial charge in [0.05, 0.1) is 11.8 Å². The van der Waals surface area contributed by atoms with E-state index in [1.54, 1.807) is 0 Å². The minimum atomic E-state index is -0.00654. The highest BCUT2D eigenvalue weighted by Gasteiger charge is 2.12. The Morgan fingerprint density at radius 2 is 1.92 bits per heavy atom. The molecule has 0 aliphatic carbocycles. The number of amides is 1. The van der Waals surface area contributed by atoms with Crippen LogP contribution in [0.2, 0.25) is 0 Å². The van der Waals surface area contributed by atoms with E-state index in [1.165, 1.54) is 28.7 Å². The summed E-state index contributed by atoms with van der Waals surface area (Å²) in [6, 6.07) is 8.49. The van der Waals surface area contributed by atoms with Gasteiger partial charge in [-0.25, -0.2) is 0 Å². The van der Waals surface area contributed by atoms with E-state index in [0.717, 1.165) is 28.0 Å². The van der Waals surface area contributed by atoms with Crippen LogP contribution in [-0.2, 0) is 11.2 Å². The van der Waals surface area contributed by atoms with Crippen molar-refractivity contribution in [3.63, 3.8) is 0 Å². The van der Waals surface area contributed by atoms with Crippen molar-refractivity contribution < 1.29 is 4.79 Å². The molecule has 0 bridgehead atoms. The Kier molecular flexibility index (Phi) is 7.71. The van der Waals surface area contributed by atoms with E-state index in [1.807, 2.05) is 13.8 Å². The van der Waals surface area contributed by atoms with Crippen LogP contribution in [0, 0.1) is 5.92 Å². The van der Waals surface area contributed by atoms with Crippen LogP contribution in [0.15, 0.2) is 28.6 Å². The van der Waals surface area contributed by atoms with Gasteiger partial charge in [0.1, 0.15) is 0 Å². The predicted molar refractivity (Wildman–Crippen MR) is 106 cm³/mol. The quantitative estimate of drug-likeness (QED) is 0.642. The monoisotopic (exact) mass is 378 g/mol. The topological polar surface area (TPSA) is 66.9 Å². The molecule has 0 saturated carbocycles. The first-order valence-corrected chi connectivity index (χ1v) is 10.4. The van der Waals surface area contributed by atoms with E-state index in [0.29, 0.717) is 11.7 Å². The first-order valence-electron chi connectivity index (χ1n) is 8.56. The highest BCUT2D eigenvalue weighted by Crippen LogP contribution is 2.25. The van der Waals surface area contributed by atoms with Gasteiger partial charge >= 0.3 is 0 Å². The number of nitrogens with one attached hydrogen (secondary N) is 2. The van der Waals surface area contributed by atoms with Crippen LogP contribution >= 0.6 is 23.1 Å². The van der Waals surface area contributed by atoms with Crippen LogP contribution < -0.4 is 10.6 Å². The maximum Gasteiger partial charge on any atom is 0.230 e. The summed E-state index contributed by atoms with van der Waals surface area (Å²) in [6.45, 7) is 9.27. The number of hydrogen-bond acceptors (Lipinski definition) is 6. The molecular weight excluding hydrogens is 352 g/mol. The highest BCUT2D eigenvalue weighted by molar-refractivity contribution is 8.01. The fourth-order valence-electron chi connectivity index (χ4n) is 2.40. The van der Waals surface area contributed by atoms with Crippen LogP contribution in [0.4, 0.5) is 5.13 Å². The molecule has 0 aliphatic rings. The number of nitrogens with zero attached hydrogens (tertiary/aromatic N) is 2. The molecule has 7 heteroatoms. The third-order valence-corrected chi connectivity index (χ3v) is 5.58. The Morgan fingerprint density at radius 1 is 1.20 bits per heavy atom. The molecule has 2 aromatic rings. The summed E-state index contributed by atoms with van der Waals surface area (Å²) in [4.78, 5) is 12.2. The lowest BCUT2D eigenvalue weighted by molar-refractivity contribution is -0.119. The molecule has 1 amide bonds. The average Bonchev–Trinajstić information content (AvgIpc) is 3.01. The number of rotatable bonds is 9. The lowest BCUT2D eigenvalue weighted by atomic mass is 10.00. The first kappa shape index (κ1) is 19.7. The van der Waals surface area contributed by atoms with Gasteiger partial charge in [-0.3, -0.25) is 4.79 Å². The number of carbonyl (C=O) groups is 1. The number of thioether (sulfide) groups is 1. The van der Waals surface area contributed by atoms with Crippen LogP contribution in [-0.4, -0.2) is 28.4 Å². The van der Waals surface area contributed by atoms with Gasteiger partial charge in [-0.1, -0.05) is 61.2 Å². The minimum absolute atomic E-state index is 0.00366. The minimum Gasteiger partial charge on any atom is -0.360 e. The molecule has 2 rings (SSSR count). The van der Waals surface area contributed by atoms with E-state index >= 15 is 0 Å². The SMILES string of the molecule is CCNc1nnc(SCC(=O)NC(C)c2ccc(CC(C)C)cc2)s1. The van der Waals surface area contributed by atoms with Crippen molar-refractivity contribution in [2.45, 2.75) is 44.5 Å². The van der Waals surface area contributed by atoms with E-state index in [4.69, 9.17) is 0 Å². The molecule has 2 N–H and O–H groups in total. The largest absolute Gasteiger partial charge is 0.360 e. The van der Waals surface area contributed by atoms with E-state index < -0.39 is 0 Å². The summed E-state index contributed by atoms with van der Waals surface area (Å²) in [5, 5.41) is 15.0. The molecule has 136 valence electrons. The number of anilines is 1. The standard InChI is InChI=1S/C18H26N4OS2/c1-5-19-17-21-22-18(25-17)24-11-16(23)20-13(4)15-8-6-14(7-9-15)10-12(2)3/h6-9,12-13H,5,10-11H2,1-4H3,(H,19,21)(H,20,23). The maximum atomic E-state index is 12.2. The summed E-state index contributed by atoms with van der Waals surface area (Å²) in [6.07, 6.45) is 1.08. The maximum absolute atomic E-state index is 12.2. The number of aromatic nitrogens is 2. The lowest BCUT2D eigenvalue weighted by Gasteiger charge is -2.15. The Bertz CT molecular complexity index is 670. The fraction of sp³-hybridized carbons (Fsp3) is 0.500. The molecule has 1 aromatic carbocycles. The number of carbonyl (C=O) groups excluding carboxylic acids is 1. The van der Waals surface area contributed by atoms with Gasteiger partial charge in [0.2, 0.25) is 11.0 Å². The molecular formula is C18H26N4OS2. The average molecular weight is 379 g/mol. The summed E-state index contributed by atoms with van der Waals surface area (Å²) in [5.74, 6) is 0.994. The Labute approximate surface area is 158 Å². The van der Waals surface area contributed by atoms with Gasteiger partial charge in [0, 0.05) is 6.54 Å². The molecule has 0 aliphatic heterocycles. The van der Waals surface area contributed by atoms with Gasteiger partial charge in [-0.2, -0.15) is 0 Å². The van der Waals surface area contributed by atoms with Gasteiger partial charge in [-0.15, -0.1) is 10.2 Å². The Hall–Kier alpha value is -1.60. The van der Waals surface area contributed by atoms with Crippen molar-refractivity contribution in [1.82, 2.24) is 15.5 Å². The Morgan fingerprint density at radius 3 is 2.56 bits per heavy atom. The summed E-state index contributed by atoms with van der Waals surface area (Å²) in [7, 11) is 0. The molecule has 25 heavy (non-hydrogen) atoms. The van der Waals surface area contributed by atoms with Crippen molar-refractivity contribution in [3.8, 4) is 0 Å². The molecule has 0 spiro atoms. The van der Waals surface area contributed by atoms with Crippen molar-refractivity contribution in [2.75, 3.05) is 17.6 Å². The molecule has 0 radical (unpaired) electrons. The van der Waals surface area contributed by atoms with Gasteiger partial charge in [0.15, 0.2) is 4.34 Å².